The summed E-state index contributed by atoms with van der Waals surface area (Å²) in [6, 6.07) is 21.2. The molecule has 7 heteroatoms. The highest BCUT2D eigenvalue weighted by atomic mass is 79.9. The monoisotopic (exact) mass is 479 g/mol. The van der Waals surface area contributed by atoms with Crippen molar-refractivity contribution in [3.8, 4) is 11.5 Å². The summed E-state index contributed by atoms with van der Waals surface area (Å²) in [5, 5.41) is 19.5. The number of rotatable bonds is 7. The third-order valence-corrected chi connectivity index (χ3v) is 5.62. The van der Waals surface area contributed by atoms with Gasteiger partial charge in [-0.2, -0.15) is 0 Å². The van der Waals surface area contributed by atoms with Gasteiger partial charge in [-0.1, -0.05) is 30.3 Å². The van der Waals surface area contributed by atoms with Gasteiger partial charge in [-0.05, 0) is 64.3 Å². The fraction of sp³-hybridized carbons (Fsp3) is 0.0833. The molecule has 4 rings (SSSR count). The summed E-state index contributed by atoms with van der Waals surface area (Å²) in [5.74, 6) is -0.724. The first-order valence-electron chi connectivity index (χ1n) is 9.53. The summed E-state index contributed by atoms with van der Waals surface area (Å²) in [6.07, 6.45) is 0.547. The lowest BCUT2D eigenvalue weighted by atomic mass is 10.1. The molecule has 0 aliphatic carbocycles. The van der Waals surface area contributed by atoms with Gasteiger partial charge in [-0.15, -0.1) is 0 Å². The highest BCUT2D eigenvalue weighted by Gasteiger charge is 2.18. The van der Waals surface area contributed by atoms with Crippen LogP contribution in [-0.4, -0.2) is 26.7 Å². The Labute approximate surface area is 186 Å². The van der Waals surface area contributed by atoms with Crippen LogP contribution in [0.4, 0.5) is 0 Å². The number of hydrogen-bond acceptors (Lipinski definition) is 3. The van der Waals surface area contributed by atoms with Crippen molar-refractivity contribution in [2.24, 2.45) is 0 Å². The molecule has 1 heterocycles. The Morgan fingerprint density at radius 2 is 1.58 bits per heavy atom. The molecule has 0 spiro atoms. The van der Waals surface area contributed by atoms with Gasteiger partial charge in [0, 0.05) is 22.5 Å². The molecule has 31 heavy (non-hydrogen) atoms. The number of para-hydroxylation sites is 1. The minimum atomic E-state index is -1.02. The molecule has 1 aromatic heterocycles. The Kier molecular flexibility index (Phi) is 5.77. The van der Waals surface area contributed by atoms with Crippen molar-refractivity contribution < 1.29 is 24.5 Å². The van der Waals surface area contributed by atoms with Crippen molar-refractivity contribution in [2.75, 3.05) is 0 Å². The van der Waals surface area contributed by atoms with Gasteiger partial charge in [0.25, 0.3) is 0 Å². The van der Waals surface area contributed by atoms with Gasteiger partial charge in [0.15, 0.2) is 0 Å². The molecular formula is C24H18BrNO5. The van der Waals surface area contributed by atoms with E-state index in [1.807, 2.05) is 42.5 Å². The molecule has 0 aliphatic rings. The quantitative estimate of drug-likeness (QED) is 0.347. The number of aryl methyl sites for hydroxylation is 2. The molecule has 0 bridgehead atoms. The van der Waals surface area contributed by atoms with E-state index in [1.54, 1.807) is 34.9 Å². The van der Waals surface area contributed by atoms with E-state index in [4.69, 9.17) is 9.84 Å². The third kappa shape index (κ3) is 4.46. The number of aromatic nitrogens is 1. The first kappa shape index (κ1) is 20.7. The predicted molar refractivity (Wildman–Crippen MR) is 120 cm³/mol. The Morgan fingerprint density at radius 1 is 0.871 bits per heavy atom. The van der Waals surface area contributed by atoms with Gasteiger partial charge in [-0.3, -0.25) is 0 Å². The number of ether oxygens (including phenoxy) is 1. The van der Waals surface area contributed by atoms with E-state index in [9.17, 15) is 14.7 Å². The SMILES string of the molecule is O=C(O)c1ccc(CCn2c(C(=O)O)cc3c(Br)cc(Oc4ccccc4)cc32)cc1. The summed E-state index contributed by atoms with van der Waals surface area (Å²) in [6.45, 7) is 0.415. The fourth-order valence-electron chi connectivity index (χ4n) is 3.45. The number of fused-ring (bicyclic) bond motifs is 1. The van der Waals surface area contributed by atoms with Crippen LogP contribution < -0.4 is 4.74 Å². The van der Waals surface area contributed by atoms with Crippen LogP contribution in [-0.2, 0) is 13.0 Å². The maximum absolute atomic E-state index is 11.9. The van der Waals surface area contributed by atoms with Crippen molar-refractivity contribution in [3.05, 3.63) is 94.1 Å². The molecular weight excluding hydrogens is 462 g/mol. The maximum Gasteiger partial charge on any atom is 0.352 e. The van der Waals surface area contributed by atoms with Crippen LogP contribution in [0.5, 0.6) is 11.5 Å². The van der Waals surface area contributed by atoms with Gasteiger partial charge in [-0.25, -0.2) is 9.59 Å². The maximum atomic E-state index is 11.9. The fourth-order valence-corrected chi connectivity index (χ4v) is 3.99. The van der Waals surface area contributed by atoms with Crippen molar-refractivity contribution in [3.63, 3.8) is 0 Å². The van der Waals surface area contributed by atoms with Gasteiger partial charge in [0.2, 0.25) is 0 Å². The van der Waals surface area contributed by atoms with Crippen LogP contribution >= 0.6 is 15.9 Å². The second-order valence-corrected chi connectivity index (χ2v) is 7.85. The Bertz CT molecular complexity index is 1260. The number of hydrogen-bond donors (Lipinski definition) is 2. The summed E-state index contributed by atoms with van der Waals surface area (Å²) >= 11 is 3.53. The average Bonchev–Trinajstić information content (AvgIpc) is 3.12. The molecule has 0 unspecified atom stereocenters. The van der Waals surface area contributed by atoms with Gasteiger partial charge in [0.05, 0.1) is 11.1 Å². The van der Waals surface area contributed by atoms with Crippen molar-refractivity contribution in [2.45, 2.75) is 13.0 Å². The first-order valence-corrected chi connectivity index (χ1v) is 10.3. The average molecular weight is 480 g/mol. The summed E-state index contributed by atoms with van der Waals surface area (Å²) in [4.78, 5) is 22.9. The lowest BCUT2D eigenvalue weighted by Gasteiger charge is -2.11. The molecule has 0 saturated heterocycles. The standard InChI is InChI=1S/C24H18BrNO5/c25-20-12-18(31-17-4-2-1-3-5-17)13-21-19(20)14-22(24(29)30)26(21)11-10-15-6-8-16(9-7-15)23(27)28/h1-9,12-14H,10-11H2,(H,27,28)(H,29,30). The topological polar surface area (TPSA) is 88.8 Å². The Hall–Kier alpha value is -3.58. The number of carboxylic acids is 2. The molecule has 0 atom stereocenters. The molecule has 6 nitrogen and oxygen atoms in total. The first-order chi connectivity index (χ1) is 14.9. The van der Waals surface area contributed by atoms with Crippen molar-refractivity contribution in [1.29, 1.82) is 0 Å². The number of nitrogens with zero attached hydrogens (tertiary/aromatic N) is 1. The highest BCUT2D eigenvalue weighted by Crippen LogP contribution is 2.34. The molecule has 0 saturated carbocycles. The van der Waals surface area contributed by atoms with E-state index < -0.39 is 11.9 Å². The second-order valence-electron chi connectivity index (χ2n) is 6.99. The van der Waals surface area contributed by atoms with Crippen molar-refractivity contribution >= 4 is 38.8 Å². The summed E-state index contributed by atoms with van der Waals surface area (Å²) in [5.41, 5.74) is 2.04. The van der Waals surface area contributed by atoms with Crippen LogP contribution in [0.3, 0.4) is 0 Å². The Balaban J connectivity index is 1.69. The van der Waals surface area contributed by atoms with E-state index >= 15 is 0 Å². The molecule has 156 valence electrons. The van der Waals surface area contributed by atoms with E-state index in [0.717, 1.165) is 20.9 Å². The number of halogens is 1. The zero-order chi connectivity index (χ0) is 22.0. The zero-order valence-corrected chi connectivity index (χ0v) is 17.9. The molecule has 3 aromatic carbocycles. The summed E-state index contributed by atoms with van der Waals surface area (Å²) < 4.78 is 8.42. The van der Waals surface area contributed by atoms with Crippen LogP contribution in [0, 0.1) is 0 Å². The lowest BCUT2D eigenvalue weighted by molar-refractivity contribution is 0.0679. The van der Waals surface area contributed by atoms with E-state index in [2.05, 4.69) is 15.9 Å². The number of carbonyl (C=O) groups is 2. The molecule has 0 amide bonds. The smallest absolute Gasteiger partial charge is 0.352 e. The van der Waals surface area contributed by atoms with Crippen molar-refractivity contribution in [1.82, 2.24) is 4.57 Å². The third-order valence-electron chi connectivity index (χ3n) is 4.97. The number of aromatic carboxylic acids is 2. The molecule has 0 radical (unpaired) electrons. The molecule has 2 N–H and O–H groups in total. The minimum absolute atomic E-state index is 0.176. The lowest BCUT2D eigenvalue weighted by Crippen LogP contribution is -2.10. The largest absolute Gasteiger partial charge is 0.478 e. The highest BCUT2D eigenvalue weighted by molar-refractivity contribution is 9.10. The normalized spacial score (nSPS) is 10.9. The molecule has 0 fully saturated rings. The molecule has 0 aliphatic heterocycles. The summed E-state index contributed by atoms with van der Waals surface area (Å²) in [7, 11) is 0. The van der Waals surface area contributed by atoms with Crippen LogP contribution in [0.2, 0.25) is 0 Å². The van der Waals surface area contributed by atoms with Gasteiger partial charge < -0.3 is 19.5 Å². The number of benzene rings is 3. The van der Waals surface area contributed by atoms with Crippen LogP contribution in [0.1, 0.15) is 26.4 Å². The van der Waals surface area contributed by atoms with Gasteiger partial charge >= 0.3 is 11.9 Å². The molecule has 4 aromatic rings. The minimum Gasteiger partial charge on any atom is -0.478 e. The van der Waals surface area contributed by atoms with Crippen LogP contribution in [0.25, 0.3) is 10.9 Å². The van der Waals surface area contributed by atoms with Crippen LogP contribution in [0.15, 0.2) is 77.3 Å². The van der Waals surface area contributed by atoms with E-state index in [-0.39, 0.29) is 11.3 Å². The number of carboxylic acid groups (broad SMARTS) is 2. The zero-order valence-electron chi connectivity index (χ0n) is 16.3. The Morgan fingerprint density at radius 3 is 2.23 bits per heavy atom. The second kappa shape index (κ2) is 8.65. The van der Waals surface area contributed by atoms with E-state index in [0.29, 0.717) is 24.5 Å². The van der Waals surface area contributed by atoms with Gasteiger partial charge in [0.1, 0.15) is 17.2 Å². The van der Waals surface area contributed by atoms with E-state index in [1.165, 1.54) is 0 Å². The predicted octanol–water partition coefficient (Wildman–Crippen LogP) is 5.84.